The summed E-state index contributed by atoms with van der Waals surface area (Å²) >= 11 is 0. The number of hydrogen-bond acceptors (Lipinski definition) is 5. The summed E-state index contributed by atoms with van der Waals surface area (Å²) in [6, 6.07) is 7.78. The van der Waals surface area contributed by atoms with Gasteiger partial charge in [0.05, 0.1) is 23.3 Å². The summed E-state index contributed by atoms with van der Waals surface area (Å²) in [4.78, 5) is 19.3. The fourth-order valence-electron chi connectivity index (χ4n) is 3.23. The smallest absolute Gasteiger partial charge is 0.339 e. The molecule has 1 aliphatic heterocycles. The molecule has 0 unspecified atom stereocenters. The Morgan fingerprint density at radius 1 is 1.20 bits per heavy atom. The number of hydrogen-bond donors (Lipinski definition) is 0. The molecule has 0 spiro atoms. The van der Waals surface area contributed by atoms with E-state index < -0.39 is 5.60 Å². The van der Waals surface area contributed by atoms with Crippen LogP contribution in [0.2, 0.25) is 0 Å². The Hall–Kier alpha value is -2.14. The first-order valence-electron chi connectivity index (χ1n) is 8.75. The average Bonchev–Trinajstić information content (AvgIpc) is 2.51. The number of benzene rings is 1. The van der Waals surface area contributed by atoms with Crippen molar-refractivity contribution in [2.75, 3.05) is 18.0 Å². The quantitative estimate of drug-likeness (QED) is 0.777. The third-order valence-corrected chi connectivity index (χ3v) is 4.13. The number of rotatable bonds is 2. The van der Waals surface area contributed by atoms with E-state index in [0.717, 1.165) is 29.7 Å². The minimum Gasteiger partial charge on any atom is -0.456 e. The van der Waals surface area contributed by atoms with Gasteiger partial charge < -0.3 is 14.4 Å². The largest absolute Gasteiger partial charge is 0.456 e. The van der Waals surface area contributed by atoms with E-state index in [9.17, 15) is 4.79 Å². The van der Waals surface area contributed by atoms with E-state index >= 15 is 0 Å². The van der Waals surface area contributed by atoms with Gasteiger partial charge in [-0.2, -0.15) is 0 Å². The van der Waals surface area contributed by atoms with Crippen molar-refractivity contribution in [1.82, 2.24) is 4.98 Å². The maximum absolute atomic E-state index is 12.6. The Balaban J connectivity index is 1.98. The minimum absolute atomic E-state index is 0.179. The number of esters is 1. The van der Waals surface area contributed by atoms with E-state index in [-0.39, 0.29) is 18.2 Å². The molecule has 3 rings (SSSR count). The van der Waals surface area contributed by atoms with Crippen molar-refractivity contribution in [2.45, 2.75) is 52.4 Å². The van der Waals surface area contributed by atoms with Gasteiger partial charge in [-0.25, -0.2) is 4.79 Å². The van der Waals surface area contributed by atoms with Gasteiger partial charge in [0.25, 0.3) is 0 Å². The summed E-state index contributed by atoms with van der Waals surface area (Å²) in [6.45, 7) is 11.4. The lowest BCUT2D eigenvalue weighted by Gasteiger charge is -2.37. The normalized spacial score (nSPS) is 21.4. The summed E-state index contributed by atoms with van der Waals surface area (Å²) in [5.41, 5.74) is 1.89. The molecule has 134 valence electrons. The van der Waals surface area contributed by atoms with Crippen molar-refractivity contribution in [3.05, 3.63) is 36.0 Å². The van der Waals surface area contributed by atoms with E-state index in [4.69, 9.17) is 9.47 Å². The molecule has 1 fully saturated rings. The molecule has 5 nitrogen and oxygen atoms in total. The van der Waals surface area contributed by atoms with Crippen LogP contribution < -0.4 is 4.90 Å². The molecule has 25 heavy (non-hydrogen) atoms. The molecular formula is C20H26N2O3. The summed E-state index contributed by atoms with van der Waals surface area (Å²) in [6.07, 6.45) is 2.01. The van der Waals surface area contributed by atoms with Gasteiger partial charge in [-0.15, -0.1) is 0 Å². The zero-order chi connectivity index (χ0) is 18.2. The average molecular weight is 342 g/mol. The monoisotopic (exact) mass is 342 g/mol. The highest BCUT2D eigenvalue weighted by atomic mass is 16.6. The molecule has 0 aliphatic carbocycles. The van der Waals surface area contributed by atoms with Gasteiger partial charge in [0.2, 0.25) is 0 Å². The topological polar surface area (TPSA) is 51.7 Å². The summed E-state index contributed by atoms with van der Waals surface area (Å²) in [5, 5.41) is 0.820. The molecule has 1 saturated heterocycles. The third kappa shape index (κ3) is 4.10. The molecule has 1 aromatic heterocycles. The number of nitrogens with zero attached hydrogens (tertiary/aromatic N) is 2. The van der Waals surface area contributed by atoms with Crippen LogP contribution >= 0.6 is 0 Å². The Morgan fingerprint density at radius 3 is 2.52 bits per heavy atom. The van der Waals surface area contributed by atoms with Crippen LogP contribution in [0.5, 0.6) is 0 Å². The van der Waals surface area contributed by atoms with Crippen LogP contribution in [0.3, 0.4) is 0 Å². The number of fused-ring (bicyclic) bond motifs is 1. The Bertz CT molecular complexity index is 772. The molecule has 0 N–H and O–H groups in total. The molecule has 5 heteroatoms. The molecule has 1 aromatic carbocycles. The van der Waals surface area contributed by atoms with Crippen LogP contribution in [0.25, 0.3) is 10.9 Å². The predicted octanol–water partition coefficient (Wildman–Crippen LogP) is 3.80. The minimum atomic E-state index is -0.528. The fourth-order valence-corrected chi connectivity index (χ4v) is 3.23. The standard InChI is InChI=1S/C20H26N2O3/c1-13-11-22(12-14(2)24-13)15-6-7-18-17(10-15)16(8-9-21-18)19(23)25-20(3,4)5/h6-10,13-14H,11-12H2,1-5H3/t13-,14+. The number of pyridine rings is 1. The van der Waals surface area contributed by atoms with E-state index in [1.54, 1.807) is 12.3 Å². The lowest BCUT2D eigenvalue weighted by molar-refractivity contribution is -0.00525. The number of morpholine rings is 1. The molecule has 2 atom stereocenters. The second kappa shape index (κ2) is 6.64. The second-order valence-corrected chi connectivity index (χ2v) is 7.72. The van der Waals surface area contributed by atoms with E-state index in [1.165, 1.54) is 0 Å². The van der Waals surface area contributed by atoms with Crippen LogP contribution in [0.4, 0.5) is 5.69 Å². The van der Waals surface area contributed by atoms with E-state index in [2.05, 4.69) is 29.8 Å². The van der Waals surface area contributed by atoms with Crippen LogP contribution in [0.1, 0.15) is 45.0 Å². The number of carbonyl (C=O) groups is 1. The number of carbonyl (C=O) groups excluding carboxylic acids is 1. The van der Waals surface area contributed by atoms with Crippen LogP contribution in [-0.2, 0) is 9.47 Å². The first-order chi connectivity index (χ1) is 11.7. The summed E-state index contributed by atoms with van der Waals surface area (Å²) in [5.74, 6) is -0.319. The molecule has 2 aromatic rings. The Morgan fingerprint density at radius 2 is 1.88 bits per heavy atom. The predicted molar refractivity (Wildman–Crippen MR) is 99.1 cm³/mol. The van der Waals surface area contributed by atoms with Gasteiger partial charge in [0, 0.05) is 30.4 Å². The Kier molecular flexibility index (Phi) is 4.69. The van der Waals surface area contributed by atoms with Crippen LogP contribution in [0, 0.1) is 0 Å². The van der Waals surface area contributed by atoms with Crippen molar-refractivity contribution >= 4 is 22.6 Å². The third-order valence-electron chi connectivity index (χ3n) is 4.13. The van der Waals surface area contributed by atoms with Crippen molar-refractivity contribution in [3.8, 4) is 0 Å². The molecule has 0 saturated carbocycles. The van der Waals surface area contributed by atoms with Crippen molar-refractivity contribution < 1.29 is 14.3 Å². The molecule has 1 aliphatic rings. The van der Waals surface area contributed by atoms with E-state index in [1.807, 2.05) is 32.9 Å². The van der Waals surface area contributed by atoms with Crippen LogP contribution in [0.15, 0.2) is 30.5 Å². The summed E-state index contributed by atoms with van der Waals surface area (Å²) in [7, 11) is 0. The van der Waals surface area contributed by atoms with Gasteiger partial charge in [0.1, 0.15) is 5.60 Å². The van der Waals surface area contributed by atoms with Crippen LogP contribution in [-0.4, -0.2) is 41.9 Å². The maximum Gasteiger partial charge on any atom is 0.339 e. The van der Waals surface area contributed by atoms with E-state index in [0.29, 0.717) is 5.56 Å². The summed E-state index contributed by atoms with van der Waals surface area (Å²) < 4.78 is 11.4. The zero-order valence-corrected chi connectivity index (χ0v) is 15.6. The van der Waals surface area contributed by atoms with Gasteiger partial charge in [0.15, 0.2) is 0 Å². The first kappa shape index (κ1) is 17.7. The zero-order valence-electron chi connectivity index (χ0n) is 15.6. The number of anilines is 1. The molecule has 0 radical (unpaired) electrons. The van der Waals surface area contributed by atoms with Crippen molar-refractivity contribution in [1.29, 1.82) is 0 Å². The maximum atomic E-state index is 12.6. The highest BCUT2D eigenvalue weighted by Crippen LogP contribution is 2.27. The SMILES string of the molecule is C[C@@H]1CN(c2ccc3nccc(C(=O)OC(C)(C)C)c3c2)C[C@H](C)O1. The fraction of sp³-hybridized carbons (Fsp3) is 0.500. The van der Waals surface area contributed by atoms with Gasteiger partial charge in [-0.05, 0) is 58.9 Å². The van der Waals surface area contributed by atoms with Gasteiger partial charge in [-0.1, -0.05) is 0 Å². The molecule has 0 bridgehead atoms. The highest BCUT2D eigenvalue weighted by Gasteiger charge is 2.24. The lowest BCUT2D eigenvalue weighted by atomic mass is 10.1. The van der Waals surface area contributed by atoms with Crippen molar-refractivity contribution in [3.63, 3.8) is 0 Å². The van der Waals surface area contributed by atoms with Crippen molar-refractivity contribution in [2.24, 2.45) is 0 Å². The van der Waals surface area contributed by atoms with Gasteiger partial charge in [-0.3, -0.25) is 4.98 Å². The lowest BCUT2D eigenvalue weighted by Crippen LogP contribution is -2.45. The number of aromatic nitrogens is 1. The Labute approximate surface area is 148 Å². The molecule has 2 heterocycles. The second-order valence-electron chi connectivity index (χ2n) is 7.72. The number of ether oxygens (including phenoxy) is 2. The first-order valence-corrected chi connectivity index (χ1v) is 8.75. The molecule has 0 amide bonds. The molecular weight excluding hydrogens is 316 g/mol. The highest BCUT2D eigenvalue weighted by molar-refractivity contribution is 6.04. The van der Waals surface area contributed by atoms with Gasteiger partial charge >= 0.3 is 5.97 Å².